The number of hydrogen-bond donors (Lipinski definition) is 1. The van der Waals surface area contributed by atoms with E-state index in [-0.39, 0.29) is 0 Å². The molecule has 0 aliphatic heterocycles. The van der Waals surface area contributed by atoms with Crippen molar-refractivity contribution in [2.24, 2.45) is 7.05 Å². The van der Waals surface area contributed by atoms with E-state index in [9.17, 15) is 0 Å². The molecular formula is C16H16N4. The summed E-state index contributed by atoms with van der Waals surface area (Å²) < 4.78 is 2.02. The SMILES string of the molecule is Cn1cnc2c(NC3Cc4ccccc4C3)nccc21. The first-order chi connectivity index (χ1) is 9.81. The van der Waals surface area contributed by atoms with Crippen molar-refractivity contribution >= 4 is 16.9 Å². The second kappa shape index (κ2) is 4.34. The van der Waals surface area contributed by atoms with Gasteiger partial charge < -0.3 is 9.88 Å². The van der Waals surface area contributed by atoms with Crippen LogP contribution in [-0.2, 0) is 19.9 Å². The molecule has 0 bridgehead atoms. The third kappa shape index (κ3) is 1.76. The fourth-order valence-electron chi connectivity index (χ4n) is 3.02. The van der Waals surface area contributed by atoms with E-state index in [0.717, 1.165) is 29.7 Å². The average Bonchev–Trinajstić information content (AvgIpc) is 3.03. The first kappa shape index (κ1) is 11.5. The summed E-state index contributed by atoms with van der Waals surface area (Å²) in [6, 6.07) is 11.1. The number of imidazole rings is 1. The van der Waals surface area contributed by atoms with E-state index >= 15 is 0 Å². The van der Waals surface area contributed by atoms with Crippen molar-refractivity contribution in [2.75, 3.05) is 5.32 Å². The molecule has 0 amide bonds. The molecule has 0 fully saturated rings. The summed E-state index contributed by atoms with van der Waals surface area (Å²) in [5, 5.41) is 3.56. The van der Waals surface area contributed by atoms with Gasteiger partial charge in [0.1, 0.15) is 5.52 Å². The summed E-state index contributed by atoms with van der Waals surface area (Å²) in [5.41, 5.74) is 4.94. The zero-order chi connectivity index (χ0) is 13.5. The highest BCUT2D eigenvalue weighted by Gasteiger charge is 2.21. The zero-order valence-electron chi connectivity index (χ0n) is 11.4. The van der Waals surface area contributed by atoms with Crippen molar-refractivity contribution in [3.8, 4) is 0 Å². The maximum atomic E-state index is 4.46. The van der Waals surface area contributed by atoms with Crippen molar-refractivity contribution in [3.05, 3.63) is 54.0 Å². The molecule has 1 N–H and O–H groups in total. The van der Waals surface area contributed by atoms with Crippen molar-refractivity contribution in [2.45, 2.75) is 18.9 Å². The molecule has 0 saturated carbocycles. The van der Waals surface area contributed by atoms with E-state index in [0.29, 0.717) is 6.04 Å². The maximum absolute atomic E-state index is 4.46. The third-order valence-electron chi connectivity index (χ3n) is 4.03. The predicted octanol–water partition coefficient (Wildman–Crippen LogP) is 2.55. The fourth-order valence-corrected chi connectivity index (χ4v) is 3.02. The van der Waals surface area contributed by atoms with Crippen LogP contribution in [0.4, 0.5) is 5.82 Å². The molecule has 0 radical (unpaired) electrons. The Labute approximate surface area is 117 Å². The molecule has 20 heavy (non-hydrogen) atoms. The first-order valence-corrected chi connectivity index (χ1v) is 6.90. The van der Waals surface area contributed by atoms with Gasteiger partial charge in [0.2, 0.25) is 0 Å². The number of aromatic nitrogens is 3. The second-order valence-electron chi connectivity index (χ2n) is 5.40. The fraction of sp³-hybridized carbons (Fsp3) is 0.250. The van der Waals surface area contributed by atoms with Crippen molar-refractivity contribution < 1.29 is 0 Å². The van der Waals surface area contributed by atoms with E-state index in [1.807, 2.05) is 30.2 Å². The van der Waals surface area contributed by atoms with Gasteiger partial charge in [-0.25, -0.2) is 9.97 Å². The predicted molar refractivity (Wildman–Crippen MR) is 79.8 cm³/mol. The van der Waals surface area contributed by atoms with Gasteiger partial charge >= 0.3 is 0 Å². The quantitative estimate of drug-likeness (QED) is 0.773. The van der Waals surface area contributed by atoms with Gasteiger partial charge in [-0.1, -0.05) is 24.3 Å². The molecule has 1 aliphatic rings. The lowest BCUT2D eigenvalue weighted by atomic mass is 10.1. The Morgan fingerprint density at radius 3 is 2.60 bits per heavy atom. The van der Waals surface area contributed by atoms with E-state index < -0.39 is 0 Å². The molecule has 0 saturated heterocycles. The standard InChI is InChI=1S/C16H16N4/c1-20-10-18-15-14(20)6-7-17-16(15)19-13-8-11-4-2-3-5-12(11)9-13/h2-7,10,13H,8-9H2,1H3,(H,17,19). The van der Waals surface area contributed by atoms with Crippen LogP contribution in [-0.4, -0.2) is 20.6 Å². The van der Waals surface area contributed by atoms with Gasteiger partial charge in [-0.05, 0) is 30.0 Å². The molecule has 0 spiro atoms. The Hall–Kier alpha value is -2.36. The molecule has 4 heteroatoms. The van der Waals surface area contributed by atoms with Gasteiger partial charge in [0.25, 0.3) is 0 Å². The van der Waals surface area contributed by atoms with Crippen LogP contribution in [0.25, 0.3) is 11.0 Å². The lowest BCUT2D eigenvalue weighted by molar-refractivity contribution is 0.770. The van der Waals surface area contributed by atoms with Crippen LogP contribution in [0.15, 0.2) is 42.9 Å². The smallest absolute Gasteiger partial charge is 0.154 e. The summed E-state index contributed by atoms with van der Waals surface area (Å²) in [4.78, 5) is 8.91. The first-order valence-electron chi connectivity index (χ1n) is 6.90. The van der Waals surface area contributed by atoms with Crippen molar-refractivity contribution in [1.29, 1.82) is 0 Å². The van der Waals surface area contributed by atoms with Crippen molar-refractivity contribution in [1.82, 2.24) is 14.5 Å². The monoisotopic (exact) mass is 264 g/mol. The summed E-state index contributed by atoms with van der Waals surface area (Å²) >= 11 is 0. The number of anilines is 1. The zero-order valence-corrected chi connectivity index (χ0v) is 11.4. The molecule has 100 valence electrons. The molecule has 1 aliphatic carbocycles. The largest absolute Gasteiger partial charge is 0.365 e. The van der Waals surface area contributed by atoms with Gasteiger partial charge in [-0.3, -0.25) is 0 Å². The van der Waals surface area contributed by atoms with Gasteiger partial charge in [0.15, 0.2) is 5.82 Å². The summed E-state index contributed by atoms with van der Waals surface area (Å²) in [6.45, 7) is 0. The van der Waals surface area contributed by atoms with Crippen LogP contribution < -0.4 is 5.32 Å². The van der Waals surface area contributed by atoms with E-state index in [1.54, 1.807) is 0 Å². The number of pyridine rings is 1. The number of benzene rings is 1. The highest BCUT2D eigenvalue weighted by Crippen LogP contribution is 2.26. The van der Waals surface area contributed by atoms with Crippen LogP contribution in [0.5, 0.6) is 0 Å². The van der Waals surface area contributed by atoms with Gasteiger partial charge in [-0.2, -0.15) is 0 Å². The van der Waals surface area contributed by atoms with Crippen molar-refractivity contribution in [3.63, 3.8) is 0 Å². The Morgan fingerprint density at radius 2 is 1.85 bits per heavy atom. The minimum Gasteiger partial charge on any atom is -0.365 e. The molecule has 0 atom stereocenters. The summed E-state index contributed by atoms with van der Waals surface area (Å²) in [5.74, 6) is 0.890. The van der Waals surface area contributed by atoms with Crippen LogP contribution >= 0.6 is 0 Å². The molecule has 3 aromatic rings. The van der Waals surface area contributed by atoms with E-state index in [2.05, 4.69) is 39.6 Å². The molecule has 2 heterocycles. The number of fused-ring (bicyclic) bond motifs is 2. The molecule has 0 unspecified atom stereocenters. The highest BCUT2D eigenvalue weighted by atomic mass is 15.1. The lowest BCUT2D eigenvalue weighted by Crippen LogP contribution is -2.20. The normalized spacial score (nSPS) is 14.7. The summed E-state index contributed by atoms with van der Waals surface area (Å²) in [7, 11) is 2.00. The molecular weight excluding hydrogens is 248 g/mol. The van der Waals surface area contributed by atoms with E-state index in [1.165, 1.54) is 11.1 Å². The van der Waals surface area contributed by atoms with Gasteiger partial charge in [0, 0.05) is 19.3 Å². The Balaban J connectivity index is 1.64. The molecule has 2 aromatic heterocycles. The van der Waals surface area contributed by atoms with Crippen LogP contribution in [0.1, 0.15) is 11.1 Å². The van der Waals surface area contributed by atoms with Crippen LogP contribution in [0.2, 0.25) is 0 Å². The topological polar surface area (TPSA) is 42.7 Å². The number of rotatable bonds is 2. The highest BCUT2D eigenvalue weighted by molar-refractivity contribution is 5.85. The number of aryl methyl sites for hydroxylation is 1. The van der Waals surface area contributed by atoms with Crippen LogP contribution in [0, 0.1) is 0 Å². The number of nitrogens with zero attached hydrogens (tertiary/aromatic N) is 3. The summed E-state index contributed by atoms with van der Waals surface area (Å²) in [6.07, 6.45) is 5.79. The Morgan fingerprint density at radius 1 is 1.10 bits per heavy atom. The Bertz CT molecular complexity index is 750. The average molecular weight is 264 g/mol. The van der Waals surface area contributed by atoms with Gasteiger partial charge in [0.05, 0.1) is 11.8 Å². The second-order valence-corrected chi connectivity index (χ2v) is 5.40. The molecule has 4 rings (SSSR count). The van der Waals surface area contributed by atoms with Crippen LogP contribution in [0.3, 0.4) is 0 Å². The lowest BCUT2D eigenvalue weighted by Gasteiger charge is -2.13. The van der Waals surface area contributed by atoms with E-state index in [4.69, 9.17) is 0 Å². The molecule has 4 nitrogen and oxygen atoms in total. The minimum absolute atomic E-state index is 0.410. The third-order valence-corrected chi connectivity index (χ3v) is 4.03. The maximum Gasteiger partial charge on any atom is 0.154 e. The van der Waals surface area contributed by atoms with Gasteiger partial charge in [-0.15, -0.1) is 0 Å². The number of nitrogens with one attached hydrogen (secondary N) is 1. The molecule has 1 aromatic carbocycles. The number of hydrogen-bond acceptors (Lipinski definition) is 3. The Kier molecular flexibility index (Phi) is 2.49. The minimum atomic E-state index is 0.410.